The van der Waals surface area contributed by atoms with Crippen molar-refractivity contribution in [2.24, 2.45) is 0 Å². The van der Waals surface area contributed by atoms with Crippen LogP contribution in [0.2, 0.25) is 0 Å². The van der Waals surface area contributed by atoms with Crippen LogP contribution in [0.4, 0.5) is 0 Å². The molecule has 0 N–H and O–H groups in total. The molecule has 1 heterocycles. The van der Waals surface area contributed by atoms with Gasteiger partial charge in [0.25, 0.3) is 0 Å². The van der Waals surface area contributed by atoms with Gasteiger partial charge in [0.05, 0.1) is 0 Å². The summed E-state index contributed by atoms with van der Waals surface area (Å²) >= 11 is 0. The lowest BCUT2D eigenvalue weighted by atomic mass is 10.1. The van der Waals surface area contributed by atoms with E-state index >= 15 is 0 Å². The summed E-state index contributed by atoms with van der Waals surface area (Å²) in [4.78, 5) is 0. The van der Waals surface area contributed by atoms with Gasteiger partial charge in [-0.2, -0.15) is 0 Å². The number of nitrogens with zero attached hydrogens (tertiary/aromatic N) is 1. The zero-order valence-corrected chi connectivity index (χ0v) is 8.93. The van der Waals surface area contributed by atoms with Crippen molar-refractivity contribution in [2.75, 3.05) is 13.1 Å². The lowest BCUT2D eigenvalue weighted by Crippen LogP contribution is -2.08. The summed E-state index contributed by atoms with van der Waals surface area (Å²) in [5.74, 6) is 0. The van der Waals surface area contributed by atoms with Gasteiger partial charge in [0, 0.05) is 13.1 Å². The standard InChI is InChI=1S/C12H24N/c1-2-4-6-8-10-12-13-11-9-7-5-3-1/h1-12H2. The van der Waals surface area contributed by atoms with Crippen molar-refractivity contribution in [1.29, 1.82) is 0 Å². The van der Waals surface area contributed by atoms with Gasteiger partial charge >= 0.3 is 0 Å². The molecule has 77 valence electrons. The van der Waals surface area contributed by atoms with Crippen LogP contribution in [0, 0.1) is 0 Å². The molecule has 0 bridgehead atoms. The highest BCUT2D eigenvalue weighted by molar-refractivity contribution is 4.53. The fourth-order valence-corrected chi connectivity index (χ4v) is 1.97. The Morgan fingerprint density at radius 3 is 1.08 bits per heavy atom. The topological polar surface area (TPSA) is 14.1 Å². The Hall–Kier alpha value is -0.0400. The van der Waals surface area contributed by atoms with Gasteiger partial charge < -0.3 is 0 Å². The molecule has 0 spiro atoms. The van der Waals surface area contributed by atoms with Gasteiger partial charge in [0.15, 0.2) is 0 Å². The van der Waals surface area contributed by atoms with Gasteiger partial charge in [-0.15, -0.1) is 0 Å². The minimum absolute atomic E-state index is 1.12. The van der Waals surface area contributed by atoms with Crippen molar-refractivity contribution in [3.8, 4) is 0 Å². The first-order valence-electron chi connectivity index (χ1n) is 6.13. The van der Waals surface area contributed by atoms with Crippen molar-refractivity contribution in [3.63, 3.8) is 0 Å². The molecule has 0 aromatic heterocycles. The minimum atomic E-state index is 1.12. The third kappa shape index (κ3) is 7.06. The first kappa shape index (κ1) is 11.0. The summed E-state index contributed by atoms with van der Waals surface area (Å²) in [6, 6.07) is 0. The Balaban J connectivity index is 2.01. The van der Waals surface area contributed by atoms with Gasteiger partial charge in [0.1, 0.15) is 0 Å². The molecule has 0 atom stereocenters. The van der Waals surface area contributed by atoms with E-state index in [0.717, 1.165) is 13.1 Å². The summed E-state index contributed by atoms with van der Waals surface area (Å²) < 4.78 is 0. The van der Waals surface area contributed by atoms with Crippen LogP contribution >= 0.6 is 0 Å². The van der Waals surface area contributed by atoms with Crippen molar-refractivity contribution in [3.05, 3.63) is 0 Å². The van der Waals surface area contributed by atoms with E-state index in [2.05, 4.69) is 5.32 Å². The Morgan fingerprint density at radius 1 is 0.385 bits per heavy atom. The zero-order chi connectivity index (χ0) is 9.19. The van der Waals surface area contributed by atoms with E-state index in [9.17, 15) is 0 Å². The van der Waals surface area contributed by atoms with Crippen LogP contribution < -0.4 is 5.32 Å². The molecule has 0 unspecified atom stereocenters. The first-order valence-corrected chi connectivity index (χ1v) is 6.13. The zero-order valence-electron chi connectivity index (χ0n) is 8.93. The Morgan fingerprint density at radius 2 is 0.692 bits per heavy atom. The highest BCUT2D eigenvalue weighted by Crippen LogP contribution is 2.11. The van der Waals surface area contributed by atoms with Gasteiger partial charge in [-0.25, -0.2) is 5.32 Å². The predicted octanol–water partition coefficient (Wildman–Crippen LogP) is 3.51. The van der Waals surface area contributed by atoms with Crippen molar-refractivity contribution >= 4 is 0 Å². The highest BCUT2D eigenvalue weighted by atomic mass is 14.8. The van der Waals surface area contributed by atoms with Crippen molar-refractivity contribution in [1.82, 2.24) is 5.32 Å². The van der Waals surface area contributed by atoms with E-state index < -0.39 is 0 Å². The molecule has 1 nitrogen and oxygen atoms in total. The van der Waals surface area contributed by atoms with Crippen LogP contribution in [0.25, 0.3) is 0 Å². The molecule has 1 saturated heterocycles. The molecule has 1 fully saturated rings. The maximum absolute atomic E-state index is 4.54. The quantitative estimate of drug-likeness (QED) is 0.544. The maximum atomic E-state index is 4.54. The second-order valence-electron chi connectivity index (χ2n) is 4.21. The molecule has 1 aliphatic heterocycles. The molecule has 0 aromatic rings. The van der Waals surface area contributed by atoms with E-state index in [0.29, 0.717) is 0 Å². The summed E-state index contributed by atoms with van der Waals surface area (Å²) in [5, 5.41) is 4.54. The summed E-state index contributed by atoms with van der Waals surface area (Å²) in [7, 11) is 0. The average molecular weight is 182 g/mol. The van der Waals surface area contributed by atoms with Crippen LogP contribution in [0.5, 0.6) is 0 Å². The number of hydrogen-bond donors (Lipinski definition) is 0. The number of rotatable bonds is 0. The van der Waals surface area contributed by atoms with E-state index in [4.69, 9.17) is 0 Å². The fraction of sp³-hybridized carbons (Fsp3) is 1.00. The van der Waals surface area contributed by atoms with Crippen LogP contribution in [0.3, 0.4) is 0 Å². The van der Waals surface area contributed by atoms with Crippen LogP contribution in [-0.2, 0) is 0 Å². The van der Waals surface area contributed by atoms with Crippen LogP contribution in [0.1, 0.15) is 64.2 Å². The van der Waals surface area contributed by atoms with Crippen molar-refractivity contribution < 1.29 is 0 Å². The van der Waals surface area contributed by atoms with Gasteiger partial charge in [-0.05, 0) is 12.8 Å². The monoisotopic (exact) mass is 182 g/mol. The number of hydrogen-bond acceptors (Lipinski definition) is 0. The van der Waals surface area contributed by atoms with E-state index in [1.807, 2.05) is 0 Å². The van der Waals surface area contributed by atoms with E-state index in [1.54, 1.807) is 0 Å². The SMILES string of the molecule is C1CCCCCC[N]CCCCC1. The minimum Gasteiger partial charge on any atom is -0.242 e. The smallest absolute Gasteiger partial charge is 0.0133 e. The molecular formula is C12H24N. The maximum Gasteiger partial charge on any atom is 0.0133 e. The summed E-state index contributed by atoms with van der Waals surface area (Å²) in [6.45, 7) is 2.25. The highest BCUT2D eigenvalue weighted by Gasteiger charge is 1.96. The molecule has 13 heavy (non-hydrogen) atoms. The molecule has 1 heteroatoms. The first-order chi connectivity index (χ1) is 6.50. The second-order valence-corrected chi connectivity index (χ2v) is 4.21. The van der Waals surface area contributed by atoms with Gasteiger partial charge in [-0.3, -0.25) is 0 Å². The van der Waals surface area contributed by atoms with Crippen molar-refractivity contribution in [2.45, 2.75) is 64.2 Å². The molecular weight excluding hydrogens is 158 g/mol. The summed E-state index contributed by atoms with van der Waals surface area (Å²) in [5.41, 5.74) is 0. The van der Waals surface area contributed by atoms with E-state index in [1.165, 1.54) is 64.2 Å². The van der Waals surface area contributed by atoms with E-state index in [-0.39, 0.29) is 0 Å². The van der Waals surface area contributed by atoms with Crippen LogP contribution in [0.15, 0.2) is 0 Å². The average Bonchev–Trinajstić information content (AvgIpc) is 2.18. The second kappa shape index (κ2) is 8.55. The predicted molar refractivity (Wildman–Crippen MR) is 58.0 cm³/mol. The lowest BCUT2D eigenvalue weighted by Gasteiger charge is -2.00. The Kier molecular flexibility index (Phi) is 7.26. The molecule has 0 aromatic carbocycles. The third-order valence-electron chi connectivity index (χ3n) is 2.88. The third-order valence-corrected chi connectivity index (χ3v) is 2.88. The Labute approximate surface area is 83.3 Å². The molecule has 1 aliphatic rings. The molecule has 1 rings (SSSR count). The van der Waals surface area contributed by atoms with Crippen LogP contribution in [-0.4, -0.2) is 13.1 Å². The summed E-state index contributed by atoms with van der Waals surface area (Å²) in [6.07, 6.45) is 14.2. The fourth-order valence-electron chi connectivity index (χ4n) is 1.97. The van der Waals surface area contributed by atoms with Gasteiger partial charge in [-0.1, -0.05) is 51.4 Å². The largest absolute Gasteiger partial charge is 0.242 e. The molecule has 0 saturated carbocycles. The Bertz CT molecular complexity index is 53.2. The molecule has 1 radical (unpaired) electrons. The molecule has 0 aliphatic carbocycles. The normalized spacial score (nSPS) is 24.0. The van der Waals surface area contributed by atoms with Gasteiger partial charge in [0.2, 0.25) is 0 Å². The lowest BCUT2D eigenvalue weighted by molar-refractivity contribution is 0.564. The molecule has 0 amide bonds.